The third kappa shape index (κ3) is 1.75. The van der Waals surface area contributed by atoms with Gasteiger partial charge in [-0.1, -0.05) is 6.07 Å². The molecule has 0 bridgehead atoms. The van der Waals surface area contributed by atoms with Crippen LogP contribution >= 0.6 is 0 Å². The van der Waals surface area contributed by atoms with E-state index in [-0.39, 0.29) is 5.69 Å². The van der Waals surface area contributed by atoms with Crippen LogP contribution in [-0.2, 0) is 0 Å². The Morgan fingerprint density at radius 1 is 1.47 bits per heavy atom. The normalized spacial score (nSPS) is 10.1. The average Bonchev–Trinajstić information content (AvgIpc) is 2.65. The van der Waals surface area contributed by atoms with Crippen LogP contribution < -0.4 is 5.76 Å². The fraction of sp³-hybridized carbons (Fsp3) is 0. The van der Waals surface area contributed by atoms with Crippen molar-refractivity contribution in [2.75, 3.05) is 0 Å². The van der Waals surface area contributed by atoms with Crippen LogP contribution in [0, 0.1) is 10.1 Å². The van der Waals surface area contributed by atoms with Gasteiger partial charge < -0.3 is 4.52 Å². The van der Waals surface area contributed by atoms with E-state index in [2.05, 4.69) is 9.51 Å². The number of non-ortho nitro benzene ring substituents is 1. The fourth-order valence-corrected chi connectivity index (χ4v) is 1.09. The zero-order valence-electron chi connectivity index (χ0n) is 7.36. The van der Waals surface area contributed by atoms with Gasteiger partial charge in [-0.25, -0.2) is 4.79 Å². The zero-order valence-corrected chi connectivity index (χ0v) is 7.36. The Kier molecular flexibility index (Phi) is 2.05. The minimum Gasteiger partial charge on any atom is -0.314 e. The summed E-state index contributed by atoms with van der Waals surface area (Å²) in [7, 11) is 0. The number of benzene rings is 1. The molecule has 0 saturated carbocycles. The van der Waals surface area contributed by atoms with E-state index in [0.717, 1.165) is 11.1 Å². The van der Waals surface area contributed by atoms with Crippen molar-refractivity contribution >= 4 is 5.69 Å². The Hall–Kier alpha value is -2.44. The summed E-state index contributed by atoms with van der Waals surface area (Å²) in [5.41, 5.74) is 0.294. The molecule has 1 aromatic carbocycles. The van der Waals surface area contributed by atoms with Gasteiger partial charge in [-0.15, -0.1) is 0 Å². The van der Waals surface area contributed by atoms with Crippen LogP contribution in [0.2, 0.25) is 0 Å². The van der Waals surface area contributed by atoms with Gasteiger partial charge in [-0.2, -0.15) is 9.72 Å². The maximum Gasteiger partial charge on any atom is 0.459 e. The van der Waals surface area contributed by atoms with Crippen molar-refractivity contribution in [3.8, 4) is 5.69 Å². The molecule has 0 aliphatic heterocycles. The van der Waals surface area contributed by atoms with E-state index in [4.69, 9.17) is 0 Å². The van der Waals surface area contributed by atoms with Crippen LogP contribution in [0.15, 0.2) is 39.9 Å². The zero-order chi connectivity index (χ0) is 10.8. The summed E-state index contributed by atoms with van der Waals surface area (Å²) < 4.78 is 5.70. The molecule has 76 valence electrons. The van der Waals surface area contributed by atoms with E-state index in [1.807, 2.05) is 0 Å². The van der Waals surface area contributed by atoms with E-state index < -0.39 is 10.7 Å². The van der Waals surface area contributed by atoms with Crippen LogP contribution in [0.1, 0.15) is 0 Å². The first-order valence-corrected chi connectivity index (χ1v) is 3.96. The molecule has 2 aromatic rings. The van der Waals surface area contributed by atoms with Crippen LogP contribution in [0.3, 0.4) is 0 Å². The maximum absolute atomic E-state index is 10.6. The minimum atomic E-state index is -0.749. The molecule has 15 heavy (non-hydrogen) atoms. The fourth-order valence-electron chi connectivity index (χ4n) is 1.09. The molecule has 2 rings (SSSR count). The van der Waals surface area contributed by atoms with Crippen molar-refractivity contribution in [3.05, 3.63) is 51.3 Å². The summed E-state index contributed by atoms with van der Waals surface area (Å²) in [4.78, 5) is 23.9. The third-order valence-electron chi connectivity index (χ3n) is 1.74. The summed E-state index contributed by atoms with van der Waals surface area (Å²) in [6.45, 7) is 0. The number of nitro benzene ring substituents is 1. The lowest BCUT2D eigenvalue weighted by Gasteiger charge is -1.97. The minimum absolute atomic E-state index is 0.0798. The first-order valence-electron chi connectivity index (χ1n) is 3.96. The predicted molar refractivity (Wildman–Crippen MR) is 48.8 cm³/mol. The van der Waals surface area contributed by atoms with E-state index >= 15 is 0 Å². The standard InChI is InChI=1S/C8H5N3O4/c12-8-9-5-10(15-8)6-2-1-3-7(4-6)11(13)14/h1-5H. The van der Waals surface area contributed by atoms with Crippen LogP contribution in [0.25, 0.3) is 5.69 Å². The second-order valence-electron chi connectivity index (χ2n) is 2.70. The molecule has 0 fully saturated rings. The highest BCUT2D eigenvalue weighted by Crippen LogP contribution is 2.15. The Bertz CT molecular complexity index is 557. The lowest BCUT2D eigenvalue weighted by atomic mass is 10.3. The Morgan fingerprint density at radius 2 is 2.27 bits per heavy atom. The highest BCUT2D eigenvalue weighted by Gasteiger charge is 2.07. The van der Waals surface area contributed by atoms with Gasteiger partial charge >= 0.3 is 5.76 Å². The topological polar surface area (TPSA) is 91.2 Å². The smallest absolute Gasteiger partial charge is 0.314 e. The molecule has 0 unspecified atom stereocenters. The number of hydrogen-bond donors (Lipinski definition) is 0. The van der Waals surface area contributed by atoms with Crippen molar-refractivity contribution in [1.29, 1.82) is 0 Å². The molecule has 7 nitrogen and oxygen atoms in total. The molecule has 7 heteroatoms. The van der Waals surface area contributed by atoms with Gasteiger partial charge in [0.2, 0.25) is 0 Å². The van der Waals surface area contributed by atoms with Gasteiger partial charge in [0.25, 0.3) is 5.69 Å². The van der Waals surface area contributed by atoms with Gasteiger partial charge in [-0.05, 0) is 6.07 Å². The molecule has 1 aromatic heterocycles. The Morgan fingerprint density at radius 3 is 2.87 bits per heavy atom. The van der Waals surface area contributed by atoms with Crippen molar-refractivity contribution in [2.24, 2.45) is 0 Å². The van der Waals surface area contributed by atoms with Gasteiger partial charge in [0.1, 0.15) is 6.33 Å². The molecule has 0 saturated heterocycles. The van der Waals surface area contributed by atoms with Gasteiger partial charge in [0.15, 0.2) is 0 Å². The third-order valence-corrected chi connectivity index (χ3v) is 1.74. The lowest BCUT2D eigenvalue weighted by molar-refractivity contribution is -0.384. The summed E-state index contributed by atoms with van der Waals surface area (Å²) in [5.74, 6) is -0.749. The number of rotatable bonds is 2. The van der Waals surface area contributed by atoms with Crippen molar-refractivity contribution in [3.63, 3.8) is 0 Å². The summed E-state index contributed by atoms with van der Waals surface area (Å²) in [6, 6.07) is 5.69. The summed E-state index contributed by atoms with van der Waals surface area (Å²) in [5, 5.41) is 10.5. The van der Waals surface area contributed by atoms with E-state index in [0.29, 0.717) is 5.69 Å². The summed E-state index contributed by atoms with van der Waals surface area (Å²) in [6.07, 6.45) is 1.15. The van der Waals surface area contributed by atoms with Gasteiger partial charge in [0, 0.05) is 12.1 Å². The second-order valence-corrected chi connectivity index (χ2v) is 2.70. The molecule has 0 aliphatic rings. The molecule has 0 atom stereocenters. The SMILES string of the molecule is O=c1ncn(-c2cccc([N+](=O)[O-])c2)o1. The highest BCUT2D eigenvalue weighted by atomic mass is 16.6. The molecule has 0 spiro atoms. The highest BCUT2D eigenvalue weighted by molar-refractivity contribution is 5.41. The molecule has 0 aliphatic carbocycles. The van der Waals surface area contributed by atoms with Crippen molar-refractivity contribution in [2.45, 2.75) is 0 Å². The van der Waals surface area contributed by atoms with Crippen LogP contribution in [0.5, 0.6) is 0 Å². The van der Waals surface area contributed by atoms with Crippen LogP contribution in [-0.4, -0.2) is 14.6 Å². The molecular formula is C8H5N3O4. The van der Waals surface area contributed by atoms with E-state index in [1.165, 1.54) is 18.2 Å². The second kappa shape index (κ2) is 3.37. The quantitative estimate of drug-likeness (QED) is 0.534. The number of nitrogens with zero attached hydrogens (tertiary/aromatic N) is 3. The van der Waals surface area contributed by atoms with E-state index in [1.54, 1.807) is 6.07 Å². The number of nitro groups is 1. The molecular weight excluding hydrogens is 202 g/mol. The monoisotopic (exact) mass is 207 g/mol. The molecule has 1 heterocycles. The largest absolute Gasteiger partial charge is 0.459 e. The first kappa shape index (κ1) is 9.13. The summed E-state index contributed by atoms with van der Waals surface area (Å²) >= 11 is 0. The molecule has 0 amide bonds. The number of aromatic nitrogens is 2. The molecule has 0 N–H and O–H groups in total. The average molecular weight is 207 g/mol. The van der Waals surface area contributed by atoms with Gasteiger partial charge in [-0.3, -0.25) is 10.1 Å². The predicted octanol–water partition coefficient (Wildman–Crippen LogP) is 0.734. The van der Waals surface area contributed by atoms with Crippen LogP contribution in [0.4, 0.5) is 5.69 Å². The maximum atomic E-state index is 10.6. The van der Waals surface area contributed by atoms with Gasteiger partial charge in [0.05, 0.1) is 10.6 Å². The van der Waals surface area contributed by atoms with Crippen molar-refractivity contribution in [1.82, 2.24) is 9.72 Å². The van der Waals surface area contributed by atoms with E-state index in [9.17, 15) is 14.9 Å². The Balaban J connectivity index is 2.49. The van der Waals surface area contributed by atoms with Crippen molar-refractivity contribution < 1.29 is 9.45 Å². The molecule has 0 radical (unpaired) electrons. The lowest BCUT2D eigenvalue weighted by Crippen LogP contribution is -1.96. The Labute approximate surface area is 82.7 Å². The first-order chi connectivity index (χ1) is 7.16. The number of hydrogen-bond acceptors (Lipinski definition) is 5.